The Balaban J connectivity index is 2.28. The van der Waals surface area contributed by atoms with Gasteiger partial charge in [0.25, 0.3) is 0 Å². The van der Waals surface area contributed by atoms with Crippen LogP contribution in [0.5, 0.6) is 5.88 Å². The molecule has 0 bridgehead atoms. The average Bonchev–Trinajstić information content (AvgIpc) is 2.77. The zero-order valence-corrected chi connectivity index (χ0v) is 11.1. The molecule has 3 aromatic rings. The maximum Gasteiger partial charge on any atom is 0.199 e. The second-order valence-electron chi connectivity index (χ2n) is 4.59. The summed E-state index contributed by atoms with van der Waals surface area (Å²) in [7, 11) is 1.72. The van der Waals surface area contributed by atoms with Crippen LogP contribution in [0.25, 0.3) is 10.9 Å². The van der Waals surface area contributed by atoms with E-state index in [0.29, 0.717) is 11.3 Å². The SMILES string of the molecule is CN=C(c1ccccc1)c1c(O)[nH]c2ccc(N)cc12. The minimum atomic E-state index is 0.107. The van der Waals surface area contributed by atoms with Gasteiger partial charge in [-0.05, 0) is 18.2 Å². The molecule has 100 valence electrons. The van der Waals surface area contributed by atoms with E-state index >= 15 is 0 Å². The van der Waals surface area contributed by atoms with Gasteiger partial charge < -0.3 is 15.8 Å². The van der Waals surface area contributed by atoms with Crippen molar-refractivity contribution in [3.8, 4) is 5.88 Å². The van der Waals surface area contributed by atoms with Crippen LogP contribution in [0.4, 0.5) is 5.69 Å². The molecule has 4 N–H and O–H groups in total. The van der Waals surface area contributed by atoms with Crippen molar-refractivity contribution in [1.29, 1.82) is 0 Å². The molecule has 0 unspecified atom stereocenters. The molecule has 0 fully saturated rings. The second-order valence-corrected chi connectivity index (χ2v) is 4.59. The van der Waals surface area contributed by atoms with E-state index in [0.717, 1.165) is 22.2 Å². The molecule has 0 aliphatic rings. The molecule has 1 heterocycles. The van der Waals surface area contributed by atoms with E-state index in [1.807, 2.05) is 42.5 Å². The van der Waals surface area contributed by atoms with Gasteiger partial charge in [-0.15, -0.1) is 0 Å². The summed E-state index contributed by atoms with van der Waals surface area (Å²) in [6.45, 7) is 0. The number of nitrogen functional groups attached to an aromatic ring is 1. The first-order chi connectivity index (χ1) is 9.70. The van der Waals surface area contributed by atoms with Crippen molar-refractivity contribution < 1.29 is 5.11 Å². The third-order valence-electron chi connectivity index (χ3n) is 3.31. The lowest BCUT2D eigenvalue weighted by molar-refractivity contribution is 0.457. The molecule has 3 rings (SSSR count). The quantitative estimate of drug-likeness (QED) is 0.492. The van der Waals surface area contributed by atoms with Gasteiger partial charge in [-0.1, -0.05) is 30.3 Å². The van der Waals surface area contributed by atoms with Crippen molar-refractivity contribution in [3.05, 3.63) is 59.7 Å². The summed E-state index contributed by atoms with van der Waals surface area (Å²) in [4.78, 5) is 7.30. The van der Waals surface area contributed by atoms with Crippen LogP contribution in [0.2, 0.25) is 0 Å². The third kappa shape index (κ3) is 1.91. The Kier molecular flexibility index (Phi) is 2.91. The summed E-state index contributed by atoms with van der Waals surface area (Å²) in [5.41, 5.74) is 9.71. The van der Waals surface area contributed by atoms with Crippen LogP contribution in [0.15, 0.2) is 53.5 Å². The first kappa shape index (κ1) is 12.3. The highest BCUT2D eigenvalue weighted by atomic mass is 16.3. The van der Waals surface area contributed by atoms with Gasteiger partial charge in [0, 0.05) is 29.2 Å². The van der Waals surface area contributed by atoms with Gasteiger partial charge >= 0.3 is 0 Å². The fraction of sp³-hybridized carbons (Fsp3) is 0.0625. The first-order valence-corrected chi connectivity index (χ1v) is 6.33. The highest BCUT2D eigenvalue weighted by molar-refractivity contribution is 6.21. The minimum Gasteiger partial charge on any atom is -0.494 e. The van der Waals surface area contributed by atoms with E-state index in [-0.39, 0.29) is 5.88 Å². The summed E-state index contributed by atoms with van der Waals surface area (Å²) >= 11 is 0. The number of nitrogens with zero attached hydrogens (tertiary/aromatic N) is 1. The number of hydrogen-bond donors (Lipinski definition) is 3. The van der Waals surface area contributed by atoms with Crippen molar-refractivity contribution in [2.45, 2.75) is 0 Å². The molecule has 4 heteroatoms. The lowest BCUT2D eigenvalue weighted by atomic mass is 10.0. The number of anilines is 1. The van der Waals surface area contributed by atoms with E-state index in [1.165, 1.54) is 0 Å². The Labute approximate surface area is 116 Å². The van der Waals surface area contributed by atoms with Gasteiger partial charge in [-0.25, -0.2) is 0 Å². The number of fused-ring (bicyclic) bond motifs is 1. The lowest BCUT2D eigenvalue weighted by Gasteiger charge is -2.06. The average molecular weight is 265 g/mol. The highest BCUT2D eigenvalue weighted by Crippen LogP contribution is 2.31. The van der Waals surface area contributed by atoms with E-state index in [9.17, 15) is 5.11 Å². The predicted molar refractivity (Wildman–Crippen MR) is 82.4 cm³/mol. The largest absolute Gasteiger partial charge is 0.494 e. The number of aromatic hydroxyl groups is 1. The van der Waals surface area contributed by atoms with Gasteiger partial charge in [-0.3, -0.25) is 4.99 Å². The summed E-state index contributed by atoms with van der Waals surface area (Å²) in [5.74, 6) is 0.107. The smallest absolute Gasteiger partial charge is 0.199 e. The first-order valence-electron chi connectivity index (χ1n) is 6.33. The molecule has 0 amide bonds. The topological polar surface area (TPSA) is 74.4 Å². The van der Waals surface area contributed by atoms with E-state index < -0.39 is 0 Å². The van der Waals surface area contributed by atoms with Crippen molar-refractivity contribution >= 4 is 22.3 Å². The van der Waals surface area contributed by atoms with Crippen molar-refractivity contribution in [1.82, 2.24) is 4.98 Å². The van der Waals surface area contributed by atoms with Gasteiger partial charge in [0.1, 0.15) is 0 Å². The molecule has 0 radical (unpaired) electrons. The Hall–Kier alpha value is -2.75. The molecule has 1 aromatic heterocycles. The number of hydrogen-bond acceptors (Lipinski definition) is 3. The van der Waals surface area contributed by atoms with E-state index in [4.69, 9.17) is 5.73 Å². The van der Waals surface area contributed by atoms with Crippen molar-refractivity contribution in [3.63, 3.8) is 0 Å². The number of nitrogens with one attached hydrogen (secondary N) is 1. The fourth-order valence-electron chi connectivity index (χ4n) is 2.42. The minimum absolute atomic E-state index is 0.107. The Morgan fingerprint density at radius 3 is 2.60 bits per heavy atom. The van der Waals surface area contributed by atoms with Crippen LogP contribution in [0.3, 0.4) is 0 Å². The number of aromatic amines is 1. The van der Waals surface area contributed by atoms with Crippen molar-refractivity contribution in [2.75, 3.05) is 12.8 Å². The molecule has 0 aliphatic heterocycles. The van der Waals surface area contributed by atoms with Crippen LogP contribution in [-0.2, 0) is 0 Å². The molecule has 0 spiro atoms. The Morgan fingerprint density at radius 1 is 1.15 bits per heavy atom. The number of aromatic nitrogens is 1. The van der Waals surface area contributed by atoms with Crippen LogP contribution in [0, 0.1) is 0 Å². The zero-order chi connectivity index (χ0) is 14.1. The van der Waals surface area contributed by atoms with Gasteiger partial charge in [0.15, 0.2) is 5.88 Å². The van der Waals surface area contributed by atoms with Gasteiger partial charge in [0.2, 0.25) is 0 Å². The molecule has 2 aromatic carbocycles. The van der Waals surface area contributed by atoms with Crippen LogP contribution in [-0.4, -0.2) is 22.8 Å². The zero-order valence-electron chi connectivity index (χ0n) is 11.1. The summed E-state index contributed by atoms with van der Waals surface area (Å²) in [5, 5.41) is 11.1. The number of aliphatic imine (C=N–C) groups is 1. The van der Waals surface area contributed by atoms with Crippen LogP contribution in [0.1, 0.15) is 11.1 Å². The second kappa shape index (κ2) is 4.74. The lowest BCUT2D eigenvalue weighted by Crippen LogP contribution is -2.02. The Morgan fingerprint density at radius 2 is 1.90 bits per heavy atom. The van der Waals surface area contributed by atoms with Crippen LogP contribution >= 0.6 is 0 Å². The monoisotopic (exact) mass is 265 g/mol. The normalized spacial score (nSPS) is 11.9. The highest BCUT2D eigenvalue weighted by Gasteiger charge is 2.17. The van der Waals surface area contributed by atoms with Crippen LogP contribution < -0.4 is 5.73 Å². The molecule has 0 aliphatic carbocycles. The number of rotatable bonds is 2. The molecule has 0 saturated heterocycles. The molecule has 20 heavy (non-hydrogen) atoms. The van der Waals surface area contributed by atoms with E-state index in [1.54, 1.807) is 13.1 Å². The molecule has 0 saturated carbocycles. The number of nitrogens with two attached hydrogens (primary N) is 1. The van der Waals surface area contributed by atoms with E-state index in [2.05, 4.69) is 9.98 Å². The van der Waals surface area contributed by atoms with Gasteiger partial charge in [-0.2, -0.15) is 0 Å². The molecule has 4 nitrogen and oxygen atoms in total. The van der Waals surface area contributed by atoms with Crippen molar-refractivity contribution in [2.24, 2.45) is 4.99 Å². The predicted octanol–water partition coefficient (Wildman–Crippen LogP) is 2.92. The summed E-state index contributed by atoms with van der Waals surface area (Å²) < 4.78 is 0. The maximum absolute atomic E-state index is 10.2. The summed E-state index contributed by atoms with van der Waals surface area (Å²) in [6.07, 6.45) is 0. The maximum atomic E-state index is 10.2. The molecule has 0 atom stereocenters. The molecular formula is C16H15N3O. The third-order valence-corrected chi connectivity index (χ3v) is 3.31. The number of benzene rings is 2. The number of H-pyrrole nitrogens is 1. The Bertz CT molecular complexity index is 788. The summed E-state index contributed by atoms with van der Waals surface area (Å²) in [6, 6.07) is 15.3. The molecular weight excluding hydrogens is 250 g/mol. The standard InChI is InChI=1S/C16H15N3O/c1-18-15(10-5-3-2-4-6-10)14-12-9-11(17)7-8-13(12)19-16(14)20/h2-9,19-20H,17H2,1H3. The fourth-order valence-corrected chi connectivity index (χ4v) is 2.42. The van der Waals surface area contributed by atoms with Gasteiger partial charge in [0.05, 0.1) is 11.3 Å².